The van der Waals surface area contributed by atoms with Crippen LogP contribution in [0.5, 0.6) is 5.75 Å². The van der Waals surface area contributed by atoms with Crippen LogP contribution in [0.3, 0.4) is 0 Å². The molecule has 0 radical (unpaired) electrons. The van der Waals surface area contributed by atoms with E-state index in [2.05, 4.69) is 25.1 Å². The van der Waals surface area contributed by atoms with Crippen molar-refractivity contribution in [1.82, 2.24) is 4.90 Å². The SMILES string of the molecule is COc1ccc(/C=C/C(=O)[C@@H]2[C@H]3CC(CCCCCN(C)C)=C[C@H]3C[C@H]2O)cc1. The van der Waals surface area contributed by atoms with E-state index in [0.717, 1.165) is 37.1 Å². The largest absolute Gasteiger partial charge is 0.497 e. The minimum Gasteiger partial charge on any atom is -0.497 e. The molecule has 3 rings (SSSR count). The third-order valence-corrected chi connectivity index (χ3v) is 6.37. The average molecular weight is 398 g/mol. The molecular weight excluding hydrogens is 362 g/mol. The Morgan fingerprint density at radius 2 is 1.97 bits per heavy atom. The first-order valence-electron chi connectivity index (χ1n) is 10.9. The lowest BCUT2D eigenvalue weighted by atomic mass is 9.86. The Morgan fingerprint density at radius 3 is 2.66 bits per heavy atom. The molecular formula is C25H35NO3. The lowest BCUT2D eigenvalue weighted by Crippen LogP contribution is -2.27. The minimum absolute atomic E-state index is 0.0569. The van der Waals surface area contributed by atoms with Gasteiger partial charge in [-0.2, -0.15) is 0 Å². The van der Waals surface area contributed by atoms with Gasteiger partial charge in [-0.05, 0) is 88.4 Å². The number of ketones is 1. The van der Waals surface area contributed by atoms with Gasteiger partial charge in [0.1, 0.15) is 5.75 Å². The number of hydrogen-bond acceptors (Lipinski definition) is 4. The average Bonchev–Trinajstić information content (AvgIpc) is 3.21. The van der Waals surface area contributed by atoms with Crippen molar-refractivity contribution in [3.8, 4) is 5.75 Å². The van der Waals surface area contributed by atoms with Crippen molar-refractivity contribution >= 4 is 11.9 Å². The number of unbranched alkanes of at least 4 members (excludes halogenated alkanes) is 2. The summed E-state index contributed by atoms with van der Waals surface area (Å²) < 4.78 is 5.17. The van der Waals surface area contributed by atoms with Gasteiger partial charge in [-0.3, -0.25) is 4.79 Å². The maximum absolute atomic E-state index is 12.9. The zero-order valence-corrected chi connectivity index (χ0v) is 18.0. The number of carbonyl (C=O) groups excluding carboxylic acids is 1. The van der Waals surface area contributed by atoms with Crippen LogP contribution in [0, 0.1) is 17.8 Å². The van der Waals surface area contributed by atoms with Crippen LogP contribution >= 0.6 is 0 Å². The smallest absolute Gasteiger partial charge is 0.161 e. The molecule has 4 nitrogen and oxygen atoms in total. The Hall–Kier alpha value is -1.91. The molecule has 4 heteroatoms. The van der Waals surface area contributed by atoms with Crippen molar-refractivity contribution in [2.24, 2.45) is 17.8 Å². The van der Waals surface area contributed by atoms with Gasteiger partial charge in [0.25, 0.3) is 0 Å². The first kappa shape index (κ1) is 21.8. The maximum Gasteiger partial charge on any atom is 0.161 e. The van der Waals surface area contributed by atoms with Crippen LogP contribution in [0.4, 0.5) is 0 Å². The van der Waals surface area contributed by atoms with E-state index in [4.69, 9.17) is 4.74 Å². The number of aliphatic hydroxyl groups excluding tert-OH is 1. The molecule has 0 aromatic heterocycles. The number of benzene rings is 1. The lowest BCUT2D eigenvalue weighted by Gasteiger charge is -2.19. The second kappa shape index (κ2) is 10.2. The molecule has 2 aliphatic rings. The van der Waals surface area contributed by atoms with Crippen LogP contribution in [0.1, 0.15) is 44.1 Å². The first-order chi connectivity index (χ1) is 14.0. The summed E-state index contributed by atoms with van der Waals surface area (Å²) >= 11 is 0. The van der Waals surface area contributed by atoms with Crippen molar-refractivity contribution in [1.29, 1.82) is 0 Å². The van der Waals surface area contributed by atoms with Crippen LogP contribution in [0.2, 0.25) is 0 Å². The highest BCUT2D eigenvalue weighted by Crippen LogP contribution is 2.48. The summed E-state index contributed by atoms with van der Waals surface area (Å²) in [4.78, 5) is 15.1. The normalized spacial score (nSPS) is 26.2. The van der Waals surface area contributed by atoms with E-state index >= 15 is 0 Å². The summed E-state index contributed by atoms with van der Waals surface area (Å²) in [7, 11) is 5.87. The van der Waals surface area contributed by atoms with Crippen molar-refractivity contribution in [3.63, 3.8) is 0 Å². The molecule has 0 saturated heterocycles. The van der Waals surface area contributed by atoms with E-state index in [0.29, 0.717) is 5.92 Å². The van der Waals surface area contributed by atoms with E-state index in [1.807, 2.05) is 30.3 Å². The number of rotatable bonds is 10. The van der Waals surface area contributed by atoms with E-state index in [-0.39, 0.29) is 17.6 Å². The predicted octanol–water partition coefficient (Wildman–Crippen LogP) is 4.34. The number of methoxy groups -OCH3 is 1. The lowest BCUT2D eigenvalue weighted by molar-refractivity contribution is -0.121. The molecule has 1 N–H and O–H groups in total. The first-order valence-corrected chi connectivity index (χ1v) is 10.9. The molecule has 0 amide bonds. The number of hydrogen-bond donors (Lipinski definition) is 1. The molecule has 1 saturated carbocycles. The summed E-state index contributed by atoms with van der Waals surface area (Å²) in [6, 6.07) is 7.64. The number of allylic oxidation sites excluding steroid dienone is 3. The fourth-order valence-corrected chi connectivity index (χ4v) is 4.84. The maximum atomic E-state index is 12.9. The fourth-order valence-electron chi connectivity index (χ4n) is 4.84. The van der Waals surface area contributed by atoms with Crippen molar-refractivity contribution < 1.29 is 14.6 Å². The highest BCUT2D eigenvalue weighted by Gasteiger charge is 2.47. The van der Waals surface area contributed by atoms with Crippen LogP contribution in [-0.2, 0) is 4.79 Å². The van der Waals surface area contributed by atoms with Crippen LogP contribution in [-0.4, -0.2) is 49.6 Å². The van der Waals surface area contributed by atoms with Crippen molar-refractivity contribution in [2.75, 3.05) is 27.7 Å². The van der Waals surface area contributed by atoms with Crippen LogP contribution in [0.15, 0.2) is 42.0 Å². The Bertz CT molecular complexity index is 735. The highest BCUT2D eigenvalue weighted by molar-refractivity contribution is 5.96. The van der Waals surface area contributed by atoms with E-state index in [9.17, 15) is 9.90 Å². The molecule has 0 heterocycles. The summed E-state index contributed by atoms with van der Waals surface area (Å²) in [6.45, 7) is 1.15. The molecule has 0 spiro atoms. The Balaban J connectivity index is 1.52. The van der Waals surface area contributed by atoms with E-state index in [1.54, 1.807) is 13.2 Å². The Labute approximate surface area is 175 Å². The molecule has 0 bridgehead atoms. The molecule has 0 unspecified atom stereocenters. The number of nitrogens with zero attached hydrogens (tertiary/aromatic N) is 1. The van der Waals surface area contributed by atoms with Gasteiger partial charge >= 0.3 is 0 Å². The second-order valence-corrected chi connectivity index (χ2v) is 8.81. The van der Waals surface area contributed by atoms with Gasteiger partial charge in [-0.15, -0.1) is 0 Å². The number of carbonyl (C=O) groups is 1. The van der Waals surface area contributed by atoms with Gasteiger partial charge in [0.15, 0.2) is 5.78 Å². The van der Waals surface area contributed by atoms with Crippen molar-refractivity contribution in [3.05, 3.63) is 47.6 Å². The number of ether oxygens (including phenoxy) is 1. The molecule has 29 heavy (non-hydrogen) atoms. The van der Waals surface area contributed by atoms with Crippen LogP contribution in [0.25, 0.3) is 6.08 Å². The topological polar surface area (TPSA) is 49.8 Å². The molecule has 4 atom stereocenters. The number of fused-ring (bicyclic) bond motifs is 1. The molecule has 1 fully saturated rings. The van der Waals surface area contributed by atoms with Gasteiger partial charge in [0.2, 0.25) is 0 Å². The summed E-state index contributed by atoms with van der Waals surface area (Å²) in [5.41, 5.74) is 2.46. The summed E-state index contributed by atoms with van der Waals surface area (Å²) in [6.07, 6.45) is 11.9. The third-order valence-electron chi connectivity index (χ3n) is 6.37. The molecule has 1 aromatic carbocycles. The molecule has 158 valence electrons. The highest BCUT2D eigenvalue weighted by atomic mass is 16.5. The van der Waals surface area contributed by atoms with Gasteiger partial charge in [-0.1, -0.05) is 36.3 Å². The standard InChI is InChI=1S/C25H35NO3/c1-26(2)14-6-4-5-7-19-15-20-17-24(28)25(22(20)16-19)23(27)13-10-18-8-11-21(29-3)12-9-18/h8-13,15,20,22,24-25,28H,4-7,14,16-17H2,1-3H3/b13-10+/t20-,22-,24+,25-/m0/s1. The summed E-state index contributed by atoms with van der Waals surface area (Å²) in [5.74, 6) is 1.23. The monoisotopic (exact) mass is 397 g/mol. The molecule has 1 aromatic rings. The van der Waals surface area contributed by atoms with Gasteiger partial charge in [-0.25, -0.2) is 0 Å². The second-order valence-electron chi connectivity index (χ2n) is 8.81. The predicted molar refractivity (Wildman–Crippen MR) is 118 cm³/mol. The quantitative estimate of drug-likeness (QED) is 0.362. The van der Waals surface area contributed by atoms with Gasteiger partial charge < -0.3 is 14.7 Å². The Morgan fingerprint density at radius 1 is 1.21 bits per heavy atom. The third kappa shape index (κ3) is 5.80. The zero-order chi connectivity index (χ0) is 20.8. The van der Waals surface area contributed by atoms with E-state index < -0.39 is 6.10 Å². The zero-order valence-electron chi connectivity index (χ0n) is 18.0. The van der Waals surface area contributed by atoms with Crippen molar-refractivity contribution in [2.45, 2.75) is 44.6 Å². The van der Waals surface area contributed by atoms with Gasteiger partial charge in [0.05, 0.1) is 19.1 Å². The fraction of sp³-hybridized carbons (Fsp3) is 0.560. The number of aliphatic hydroxyl groups is 1. The molecule has 0 aliphatic heterocycles. The Kier molecular flexibility index (Phi) is 7.68. The molecule has 2 aliphatic carbocycles. The van der Waals surface area contributed by atoms with Gasteiger partial charge in [0, 0.05) is 0 Å². The van der Waals surface area contributed by atoms with Crippen LogP contribution < -0.4 is 4.74 Å². The summed E-state index contributed by atoms with van der Waals surface area (Å²) in [5, 5.41) is 10.5. The van der Waals surface area contributed by atoms with E-state index in [1.165, 1.54) is 24.8 Å². The minimum atomic E-state index is -0.518.